The van der Waals surface area contributed by atoms with Gasteiger partial charge < -0.3 is 15.7 Å². The van der Waals surface area contributed by atoms with Gasteiger partial charge >= 0.3 is 5.97 Å². The van der Waals surface area contributed by atoms with E-state index in [1.54, 1.807) is 4.90 Å². The van der Waals surface area contributed by atoms with Gasteiger partial charge in [0.05, 0.1) is 15.6 Å². The first-order valence-corrected chi connectivity index (χ1v) is 10.1. The molecule has 1 aliphatic rings. The van der Waals surface area contributed by atoms with E-state index in [0.717, 1.165) is 16.3 Å². The molecule has 30 heavy (non-hydrogen) atoms. The molecule has 3 aromatic heterocycles. The minimum absolute atomic E-state index is 0.0808. The SMILES string of the molecule is NC1CCN(c2nc3c(cc2F)c(=O)c(C(=O)O)cn3-c2nc3ccccc3s2)C1. The van der Waals surface area contributed by atoms with Crippen LogP contribution in [-0.4, -0.2) is 44.7 Å². The third-order valence-corrected chi connectivity index (χ3v) is 6.19. The lowest BCUT2D eigenvalue weighted by molar-refractivity contribution is 0.0695. The summed E-state index contributed by atoms with van der Waals surface area (Å²) in [6.07, 6.45) is 1.91. The molecule has 0 bridgehead atoms. The van der Waals surface area contributed by atoms with Crippen molar-refractivity contribution in [3.05, 3.63) is 58.1 Å². The second-order valence-electron chi connectivity index (χ2n) is 7.17. The first-order valence-electron chi connectivity index (χ1n) is 9.28. The van der Waals surface area contributed by atoms with Gasteiger partial charge in [0.15, 0.2) is 22.4 Å². The Hall–Kier alpha value is -3.37. The maximum atomic E-state index is 14.9. The first-order chi connectivity index (χ1) is 14.4. The molecule has 0 amide bonds. The van der Waals surface area contributed by atoms with Crippen LogP contribution < -0.4 is 16.1 Å². The Morgan fingerprint density at radius 2 is 2.10 bits per heavy atom. The van der Waals surface area contributed by atoms with Crippen LogP contribution in [0.1, 0.15) is 16.8 Å². The molecule has 0 radical (unpaired) electrons. The van der Waals surface area contributed by atoms with Crippen LogP contribution in [-0.2, 0) is 0 Å². The fourth-order valence-corrected chi connectivity index (χ4v) is 4.62. The first kappa shape index (κ1) is 18.6. The Morgan fingerprint density at radius 3 is 2.80 bits per heavy atom. The molecular weight excluding hydrogens is 409 g/mol. The predicted molar refractivity (Wildman–Crippen MR) is 112 cm³/mol. The number of pyridine rings is 2. The van der Waals surface area contributed by atoms with Crippen LogP contribution in [0.5, 0.6) is 0 Å². The summed E-state index contributed by atoms with van der Waals surface area (Å²) >= 11 is 1.32. The number of aromatic carboxylic acids is 1. The molecule has 1 fully saturated rings. The van der Waals surface area contributed by atoms with Crippen LogP contribution in [0.2, 0.25) is 0 Å². The van der Waals surface area contributed by atoms with Gasteiger partial charge in [0.2, 0.25) is 5.43 Å². The third kappa shape index (κ3) is 2.92. The van der Waals surface area contributed by atoms with E-state index in [9.17, 15) is 19.1 Å². The number of carboxylic acid groups (broad SMARTS) is 1. The summed E-state index contributed by atoms with van der Waals surface area (Å²) in [5.41, 5.74) is 5.57. The van der Waals surface area contributed by atoms with Gasteiger partial charge in [-0.3, -0.25) is 9.36 Å². The molecule has 1 saturated heterocycles. The van der Waals surface area contributed by atoms with Gasteiger partial charge in [-0.25, -0.2) is 19.2 Å². The monoisotopic (exact) mass is 425 g/mol. The zero-order valence-electron chi connectivity index (χ0n) is 15.6. The number of para-hydroxylation sites is 1. The topological polar surface area (TPSA) is 114 Å². The molecule has 1 aromatic carbocycles. The number of thiazole rings is 1. The summed E-state index contributed by atoms with van der Waals surface area (Å²) < 4.78 is 17.2. The molecule has 0 aliphatic carbocycles. The molecule has 0 saturated carbocycles. The molecule has 5 rings (SSSR count). The number of carboxylic acids is 1. The van der Waals surface area contributed by atoms with E-state index < -0.39 is 22.8 Å². The second kappa shape index (κ2) is 6.85. The molecule has 0 spiro atoms. The van der Waals surface area contributed by atoms with Gasteiger partial charge in [-0.1, -0.05) is 23.5 Å². The maximum Gasteiger partial charge on any atom is 0.341 e. The standard InChI is InChI=1S/C20H16FN5O3S/c21-13-7-11-16(27)12(19(28)29)9-26(20-23-14-3-1-2-4-15(14)30-20)17(11)24-18(13)25-6-5-10(22)8-25/h1-4,7,9-10H,5-6,8,22H2,(H,28,29). The number of nitrogens with two attached hydrogens (primary N) is 1. The minimum atomic E-state index is -1.40. The summed E-state index contributed by atoms with van der Waals surface area (Å²) in [6, 6.07) is 8.42. The third-order valence-electron chi connectivity index (χ3n) is 5.16. The van der Waals surface area contributed by atoms with Crippen LogP contribution >= 0.6 is 11.3 Å². The number of carbonyl (C=O) groups is 1. The van der Waals surface area contributed by atoms with Crippen LogP contribution in [0.4, 0.5) is 10.2 Å². The highest BCUT2D eigenvalue weighted by Crippen LogP contribution is 2.29. The Balaban J connectivity index is 1.81. The number of benzene rings is 1. The lowest BCUT2D eigenvalue weighted by Gasteiger charge is -2.19. The summed E-state index contributed by atoms with van der Waals surface area (Å²) in [5, 5.41) is 9.82. The zero-order valence-corrected chi connectivity index (χ0v) is 16.4. The Morgan fingerprint density at radius 1 is 1.30 bits per heavy atom. The highest BCUT2D eigenvalue weighted by molar-refractivity contribution is 7.20. The van der Waals surface area contributed by atoms with Gasteiger partial charge in [0.25, 0.3) is 0 Å². The van der Waals surface area contributed by atoms with E-state index in [4.69, 9.17) is 5.73 Å². The van der Waals surface area contributed by atoms with E-state index in [-0.39, 0.29) is 22.9 Å². The number of rotatable bonds is 3. The maximum absolute atomic E-state index is 14.9. The van der Waals surface area contributed by atoms with Crippen LogP contribution in [0.25, 0.3) is 26.4 Å². The summed E-state index contributed by atoms with van der Waals surface area (Å²) in [5.74, 6) is -1.99. The largest absolute Gasteiger partial charge is 0.477 e. The lowest BCUT2D eigenvalue weighted by atomic mass is 10.2. The Kier molecular flexibility index (Phi) is 4.26. The molecule has 8 nitrogen and oxygen atoms in total. The van der Waals surface area contributed by atoms with Crippen molar-refractivity contribution in [2.24, 2.45) is 5.73 Å². The molecule has 3 N–H and O–H groups in total. The molecule has 10 heteroatoms. The summed E-state index contributed by atoms with van der Waals surface area (Å²) in [6.45, 7) is 1.00. The number of fused-ring (bicyclic) bond motifs is 2. The Bertz CT molecular complexity index is 1350. The molecule has 152 valence electrons. The van der Waals surface area contributed by atoms with Crippen LogP contribution in [0.15, 0.2) is 41.3 Å². The number of halogens is 1. The van der Waals surface area contributed by atoms with Gasteiger partial charge in [0.1, 0.15) is 5.56 Å². The van der Waals surface area contributed by atoms with Gasteiger partial charge in [-0.2, -0.15) is 0 Å². The number of anilines is 1. The molecular formula is C20H16FN5O3S. The zero-order chi connectivity index (χ0) is 21.0. The second-order valence-corrected chi connectivity index (χ2v) is 8.18. The van der Waals surface area contributed by atoms with Crippen molar-refractivity contribution in [1.29, 1.82) is 0 Å². The lowest BCUT2D eigenvalue weighted by Crippen LogP contribution is -2.28. The number of aromatic nitrogens is 3. The fourth-order valence-electron chi connectivity index (χ4n) is 3.68. The molecule has 1 atom stereocenters. The van der Waals surface area contributed by atoms with Crippen molar-refractivity contribution in [2.45, 2.75) is 12.5 Å². The van der Waals surface area contributed by atoms with Crippen molar-refractivity contribution in [2.75, 3.05) is 18.0 Å². The number of nitrogens with zero attached hydrogens (tertiary/aromatic N) is 4. The summed E-state index contributed by atoms with van der Waals surface area (Å²) in [7, 11) is 0. The summed E-state index contributed by atoms with van der Waals surface area (Å²) in [4.78, 5) is 35.1. The van der Waals surface area contributed by atoms with Crippen LogP contribution in [0, 0.1) is 5.82 Å². The van der Waals surface area contributed by atoms with E-state index in [1.807, 2.05) is 24.3 Å². The average molecular weight is 425 g/mol. The van der Waals surface area contributed by atoms with Crippen molar-refractivity contribution in [3.8, 4) is 5.13 Å². The van der Waals surface area contributed by atoms with Gasteiger partial charge in [-0.05, 0) is 24.6 Å². The van der Waals surface area contributed by atoms with E-state index in [0.29, 0.717) is 24.6 Å². The number of hydrogen-bond acceptors (Lipinski definition) is 7. The van der Waals surface area contributed by atoms with Gasteiger partial charge in [0, 0.05) is 25.3 Å². The highest BCUT2D eigenvalue weighted by atomic mass is 32.1. The van der Waals surface area contributed by atoms with E-state index >= 15 is 0 Å². The molecule has 1 unspecified atom stereocenters. The predicted octanol–water partition coefficient (Wildman–Crippen LogP) is 2.37. The van der Waals surface area contributed by atoms with E-state index in [2.05, 4.69) is 9.97 Å². The van der Waals surface area contributed by atoms with Crippen molar-refractivity contribution in [1.82, 2.24) is 14.5 Å². The molecule has 4 aromatic rings. The minimum Gasteiger partial charge on any atom is -0.477 e. The molecule has 1 aliphatic heterocycles. The normalized spacial score (nSPS) is 16.6. The van der Waals surface area contributed by atoms with E-state index in [1.165, 1.54) is 22.1 Å². The van der Waals surface area contributed by atoms with Gasteiger partial charge in [-0.15, -0.1) is 0 Å². The quantitative estimate of drug-likeness (QED) is 0.518. The fraction of sp³-hybridized carbons (Fsp3) is 0.200. The Labute approximate surface area is 173 Å². The highest BCUT2D eigenvalue weighted by Gasteiger charge is 2.26. The van der Waals surface area contributed by atoms with Crippen molar-refractivity contribution < 1.29 is 14.3 Å². The van der Waals surface area contributed by atoms with Crippen molar-refractivity contribution in [3.63, 3.8) is 0 Å². The smallest absolute Gasteiger partial charge is 0.341 e. The van der Waals surface area contributed by atoms with Crippen molar-refractivity contribution >= 4 is 44.4 Å². The number of hydrogen-bond donors (Lipinski definition) is 2. The molecule has 4 heterocycles. The van der Waals surface area contributed by atoms with Crippen LogP contribution in [0.3, 0.4) is 0 Å². The average Bonchev–Trinajstić information content (AvgIpc) is 3.34.